The Morgan fingerprint density at radius 2 is 2.07 bits per heavy atom. The lowest BCUT2D eigenvalue weighted by Crippen LogP contribution is -2.25. The first-order chi connectivity index (χ1) is 6.87. The molecule has 0 N–H and O–H groups in total. The Labute approximate surface area is 91.1 Å². The Hall–Kier alpha value is -0.430. The van der Waals surface area contributed by atoms with Crippen molar-refractivity contribution >= 4 is 11.8 Å². The minimum atomic E-state index is 0.501. The number of hydrogen-bond donors (Lipinski definition) is 0. The van der Waals surface area contributed by atoms with Crippen LogP contribution in [0, 0.1) is 0 Å². The second kappa shape index (κ2) is 4.39. The first-order valence-electron chi connectivity index (χ1n) is 5.51. The van der Waals surface area contributed by atoms with E-state index in [4.69, 9.17) is 0 Å². The molecule has 14 heavy (non-hydrogen) atoms. The summed E-state index contributed by atoms with van der Waals surface area (Å²) < 4.78 is 0. The average Bonchev–Trinajstić information content (AvgIpc) is 2.70. The summed E-state index contributed by atoms with van der Waals surface area (Å²) in [5.74, 6) is 2.67. The van der Waals surface area contributed by atoms with E-state index in [9.17, 15) is 0 Å². The first kappa shape index (κ1) is 10.1. The van der Waals surface area contributed by atoms with E-state index in [1.165, 1.54) is 30.8 Å². The Kier molecular flexibility index (Phi) is 3.17. The molecule has 0 aromatic heterocycles. The van der Waals surface area contributed by atoms with Crippen molar-refractivity contribution in [2.75, 3.05) is 11.5 Å². The summed E-state index contributed by atoms with van der Waals surface area (Å²) in [4.78, 5) is 0. The molecule has 1 aromatic rings. The van der Waals surface area contributed by atoms with Crippen molar-refractivity contribution in [3.05, 3.63) is 35.9 Å². The molecule has 1 aliphatic heterocycles. The quantitative estimate of drug-likeness (QED) is 0.723. The van der Waals surface area contributed by atoms with Crippen molar-refractivity contribution in [1.82, 2.24) is 0 Å². The Bertz CT molecular complexity index is 273. The fourth-order valence-corrected chi connectivity index (χ4v) is 3.97. The highest BCUT2D eigenvalue weighted by Gasteiger charge is 2.34. The van der Waals surface area contributed by atoms with Gasteiger partial charge in [-0.15, -0.1) is 0 Å². The highest BCUT2D eigenvalue weighted by Crippen LogP contribution is 2.42. The van der Waals surface area contributed by atoms with Gasteiger partial charge in [0.15, 0.2) is 0 Å². The van der Waals surface area contributed by atoms with Gasteiger partial charge in [0.1, 0.15) is 0 Å². The average molecular weight is 206 g/mol. The third-order valence-electron chi connectivity index (χ3n) is 3.22. The fraction of sp³-hybridized carbons (Fsp3) is 0.538. The minimum absolute atomic E-state index is 0.501. The molecule has 1 aromatic carbocycles. The van der Waals surface area contributed by atoms with E-state index in [1.807, 2.05) is 0 Å². The molecule has 1 aliphatic rings. The van der Waals surface area contributed by atoms with Gasteiger partial charge in [-0.25, -0.2) is 0 Å². The van der Waals surface area contributed by atoms with E-state index >= 15 is 0 Å². The van der Waals surface area contributed by atoms with Crippen LogP contribution in [0.4, 0.5) is 0 Å². The van der Waals surface area contributed by atoms with E-state index in [0.29, 0.717) is 5.41 Å². The van der Waals surface area contributed by atoms with Crippen molar-refractivity contribution < 1.29 is 0 Å². The zero-order valence-corrected chi connectivity index (χ0v) is 9.65. The molecule has 0 saturated carbocycles. The molecule has 0 bridgehead atoms. The molecular formula is C13H18S. The molecule has 1 saturated heterocycles. The molecule has 0 radical (unpaired) electrons. The van der Waals surface area contributed by atoms with Crippen LogP contribution >= 0.6 is 11.8 Å². The van der Waals surface area contributed by atoms with Crippen molar-refractivity contribution in [3.63, 3.8) is 0 Å². The standard InChI is InChI=1S/C13H18S/c1-2-8-13(9-10-14-11-13)12-6-4-3-5-7-12/h3-7H,2,8-11H2,1H3. The molecule has 1 atom stereocenters. The van der Waals surface area contributed by atoms with Gasteiger partial charge in [-0.05, 0) is 24.2 Å². The van der Waals surface area contributed by atoms with Gasteiger partial charge in [0.05, 0.1) is 0 Å². The van der Waals surface area contributed by atoms with E-state index in [-0.39, 0.29) is 0 Å². The Morgan fingerprint density at radius 1 is 1.29 bits per heavy atom. The summed E-state index contributed by atoms with van der Waals surface area (Å²) >= 11 is 2.12. The topological polar surface area (TPSA) is 0 Å². The summed E-state index contributed by atoms with van der Waals surface area (Å²) in [6, 6.07) is 11.1. The number of hydrogen-bond acceptors (Lipinski definition) is 1. The zero-order chi connectivity index (χ0) is 9.86. The van der Waals surface area contributed by atoms with Gasteiger partial charge in [0, 0.05) is 11.2 Å². The molecule has 0 spiro atoms. The van der Waals surface area contributed by atoms with Crippen LogP contribution in [-0.4, -0.2) is 11.5 Å². The molecule has 1 heterocycles. The first-order valence-corrected chi connectivity index (χ1v) is 6.66. The summed E-state index contributed by atoms with van der Waals surface area (Å²) in [6.45, 7) is 2.30. The van der Waals surface area contributed by atoms with Crippen molar-refractivity contribution in [2.45, 2.75) is 31.6 Å². The molecule has 2 rings (SSSR count). The minimum Gasteiger partial charge on any atom is -0.161 e. The van der Waals surface area contributed by atoms with Crippen LogP contribution in [0.2, 0.25) is 0 Å². The third kappa shape index (κ3) is 1.83. The summed E-state index contributed by atoms with van der Waals surface area (Å²) in [7, 11) is 0. The zero-order valence-electron chi connectivity index (χ0n) is 8.83. The predicted octanol–water partition coefficient (Wildman–Crippen LogP) is 3.86. The number of thioether (sulfide) groups is 1. The largest absolute Gasteiger partial charge is 0.161 e. The second-order valence-electron chi connectivity index (χ2n) is 4.20. The van der Waals surface area contributed by atoms with Gasteiger partial charge in [-0.1, -0.05) is 43.7 Å². The lowest BCUT2D eigenvalue weighted by molar-refractivity contribution is 0.440. The van der Waals surface area contributed by atoms with Crippen LogP contribution in [-0.2, 0) is 5.41 Å². The lowest BCUT2D eigenvalue weighted by Gasteiger charge is -2.28. The lowest BCUT2D eigenvalue weighted by atomic mass is 9.76. The predicted molar refractivity (Wildman–Crippen MR) is 65.0 cm³/mol. The van der Waals surface area contributed by atoms with Crippen LogP contribution in [0.3, 0.4) is 0 Å². The Morgan fingerprint density at radius 3 is 2.64 bits per heavy atom. The Balaban J connectivity index is 2.27. The van der Waals surface area contributed by atoms with Crippen molar-refractivity contribution in [3.8, 4) is 0 Å². The van der Waals surface area contributed by atoms with Crippen LogP contribution in [0.15, 0.2) is 30.3 Å². The maximum atomic E-state index is 2.31. The number of rotatable bonds is 3. The van der Waals surface area contributed by atoms with Crippen LogP contribution in [0.25, 0.3) is 0 Å². The van der Waals surface area contributed by atoms with Gasteiger partial charge in [-0.2, -0.15) is 11.8 Å². The van der Waals surface area contributed by atoms with E-state index in [0.717, 1.165) is 0 Å². The van der Waals surface area contributed by atoms with E-state index < -0.39 is 0 Å². The van der Waals surface area contributed by atoms with Gasteiger partial charge in [0.2, 0.25) is 0 Å². The van der Waals surface area contributed by atoms with E-state index in [1.54, 1.807) is 5.56 Å². The number of benzene rings is 1. The normalized spacial score (nSPS) is 26.6. The third-order valence-corrected chi connectivity index (χ3v) is 4.47. The second-order valence-corrected chi connectivity index (χ2v) is 5.30. The SMILES string of the molecule is CCCC1(c2ccccc2)CCSC1. The highest BCUT2D eigenvalue weighted by molar-refractivity contribution is 7.99. The van der Waals surface area contributed by atoms with Gasteiger partial charge in [0.25, 0.3) is 0 Å². The van der Waals surface area contributed by atoms with Crippen LogP contribution < -0.4 is 0 Å². The maximum absolute atomic E-state index is 2.31. The van der Waals surface area contributed by atoms with Crippen molar-refractivity contribution in [2.24, 2.45) is 0 Å². The summed E-state index contributed by atoms with van der Waals surface area (Å²) in [5, 5.41) is 0. The molecule has 0 nitrogen and oxygen atoms in total. The van der Waals surface area contributed by atoms with Gasteiger partial charge in [-0.3, -0.25) is 0 Å². The maximum Gasteiger partial charge on any atom is 0.00513 e. The van der Waals surface area contributed by atoms with Crippen LogP contribution in [0.5, 0.6) is 0 Å². The smallest absolute Gasteiger partial charge is 0.00513 e. The molecule has 0 aliphatic carbocycles. The molecule has 76 valence electrons. The van der Waals surface area contributed by atoms with E-state index in [2.05, 4.69) is 49.0 Å². The molecule has 0 amide bonds. The molecular weight excluding hydrogens is 188 g/mol. The molecule has 1 fully saturated rings. The summed E-state index contributed by atoms with van der Waals surface area (Å²) in [6.07, 6.45) is 4.02. The monoisotopic (exact) mass is 206 g/mol. The fourth-order valence-electron chi connectivity index (χ4n) is 2.45. The molecule has 1 unspecified atom stereocenters. The van der Waals surface area contributed by atoms with Crippen molar-refractivity contribution in [1.29, 1.82) is 0 Å². The molecule has 1 heteroatoms. The summed E-state index contributed by atoms with van der Waals surface area (Å²) in [5.41, 5.74) is 2.06. The van der Waals surface area contributed by atoms with Gasteiger partial charge < -0.3 is 0 Å². The van der Waals surface area contributed by atoms with Gasteiger partial charge >= 0.3 is 0 Å². The highest BCUT2D eigenvalue weighted by atomic mass is 32.2. The van der Waals surface area contributed by atoms with Crippen LogP contribution in [0.1, 0.15) is 31.7 Å².